The van der Waals surface area contributed by atoms with E-state index in [-0.39, 0.29) is 5.91 Å². The molecular formula is C15H24N2OS. The highest BCUT2D eigenvalue weighted by molar-refractivity contribution is 7.99. The van der Waals surface area contributed by atoms with Crippen molar-refractivity contribution in [3.05, 3.63) is 29.8 Å². The van der Waals surface area contributed by atoms with E-state index in [1.165, 1.54) is 10.5 Å². The Balaban J connectivity index is 2.46. The van der Waals surface area contributed by atoms with Crippen LogP contribution in [0.5, 0.6) is 0 Å². The molecule has 0 bridgehead atoms. The van der Waals surface area contributed by atoms with E-state index in [2.05, 4.69) is 48.7 Å². The molecular weight excluding hydrogens is 256 g/mol. The Morgan fingerprint density at radius 2 is 2.11 bits per heavy atom. The molecule has 0 heterocycles. The molecule has 0 aromatic heterocycles. The predicted octanol–water partition coefficient (Wildman–Crippen LogP) is 2.98. The average molecular weight is 280 g/mol. The summed E-state index contributed by atoms with van der Waals surface area (Å²) in [4.78, 5) is 12.6. The van der Waals surface area contributed by atoms with E-state index in [4.69, 9.17) is 0 Å². The summed E-state index contributed by atoms with van der Waals surface area (Å²) >= 11 is 1.74. The molecule has 0 spiro atoms. The number of hydrogen-bond acceptors (Lipinski definition) is 3. The molecule has 106 valence electrons. The van der Waals surface area contributed by atoms with Crippen molar-refractivity contribution in [2.75, 3.05) is 18.8 Å². The summed E-state index contributed by atoms with van der Waals surface area (Å²) in [5.41, 5.74) is 1.30. The van der Waals surface area contributed by atoms with Crippen LogP contribution >= 0.6 is 11.8 Å². The van der Waals surface area contributed by atoms with Crippen molar-refractivity contribution in [2.45, 2.75) is 38.1 Å². The largest absolute Gasteiger partial charge is 0.356 e. The second kappa shape index (κ2) is 8.99. The van der Waals surface area contributed by atoms with Gasteiger partial charge in [-0.3, -0.25) is 4.79 Å². The van der Waals surface area contributed by atoms with Gasteiger partial charge in [0.25, 0.3) is 0 Å². The lowest BCUT2D eigenvalue weighted by atomic mass is 10.1. The van der Waals surface area contributed by atoms with Crippen LogP contribution in [0.3, 0.4) is 0 Å². The molecule has 1 aromatic rings. The zero-order chi connectivity index (χ0) is 14.1. The molecule has 2 N–H and O–H groups in total. The van der Waals surface area contributed by atoms with Gasteiger partial charge in [0.05, 0.1) is 0 Å². The van der Waals surface area contributed by atoms with Crippen LogP contribution in [0.15, 0.2) is 29.2 Å². The van der Waals surface area contributed by atoms with E-state index in [0.29, 0.717) is 19.0 Å². The lowest BCUT2D eigenvalue weighted by molar-refractivity contribution is -0.120. The minimum Gasteiger partial charge on any atom is -0.356 e. The second-order valence-electron chi connectivity index (χ2n) is 4.40. The van der Waals surface area contributed by atoms with Gasteiger partial charge in [0.1, 0.15) is 0 Å². The summed E-state index contributed by atoms with van der Waals surface area (Å²) in [5.74, 6) is 0.956. The number of benzene rings is 1. The van der Waals surface area contributed by atoms with Gasteiger partial charge in [-0.15, -0.1) is 11.8 Å². The molecule has 0 radical (unpaired) electrons. The Bertz CT molecular complexity index is 395. The SMILES string of the molecule is CCNC(=O)CCSc1cccc(C(C)NCC)c1. The maximum Gasteiger partial charge on any atom is 0.220 e. The van der Waals surface area contributed by atoms with Gasteiger partial charge >= 0.3 is 0 Å². The third-order valence-corrected chi connectivity index (χ3v) is 3.84. The Kier molecular flexibility index (Phi) is 7.60. The van der Waals surface area contributed by atoms with Gasteiger partial charge in [0, 0.05) is 29.7 Å². The van der Waals surface area contributed by atoms with Gasteiger partial charge in [-0.05, 0) is 38.1 Å². The smallest absolute Gasteiger partial charge is 0.220 e. The Labute approximate surface area is 120 Å². The zero-order valence-corrected chi connectivity index (χ0v) is 12.8. The highest BCUT2D eigenvalue weighted by atomic mass is 32.2. The molecule has 0 aliphatic rings. The molecule has 0 saturated carbocycles. The maximum atomic E-state index is 11.4. The fourth-order valence-electron chi connectivity index (χ4n) is 1.84. The third-order valence-electron chi connectivity index (χ3n) is 2.84. The minimum atomic E-state index is 0.132. The molecule has 1 atom stereocenters. The number of thioether (sulfide) groups is 1. The van der Waals surface area contributed by atoms with Gasteiger partial charge in [-0.2, -0.15) is 0 Å². The lowest BCUT2D eigenvalue weighted by Crippen LogP contribution is -2.22. The summed E-state index contributed by atoms with van der Waals surface area (Å²) in [6, 6.07) is 8.90. The molecule has 0 fully saturated rings. The first-order valence-corrected chi connectivity index (χ1v) is 7.88. The standard InChI is InChI=1S/C15H24N2OS/c1-4-16-12(3)13-7-6-8-14(11-13)19-10-9-15(18)17-5-2/h6-8,11-12,16H,4-5,9-10H2,1-3H3,(H,17,18). The van der Waals surface area contributed by atoms with Crippen molar-refractivity contribution < 1.29 is 4.79 Å². The van der Waals surface area contributed by atoms with Crippen LogP contribution in [-0.2, 0) is 4.79 Å². The number of rotatable bonds is 8. The molecule has 1 aromatic carbocycles. The van der Waals surface area contributed by atoms with Gasteiger partial charge < -0.3 is 10.6 Å². The Morgan fingerprint density at radius 1 is 1.32 bits per heavy atom. The van der Waals surface area contributed by atoms with Crippen LogP contribution in [0, 0.1) is 0 Å². The summed E-state index contributed by atoms with van der Waals surface area (Å²) < 4.78 is 0. The number of carbonyl (C=O) groups is 1. The van der Waals surface area contributed by atoms with E-state index in [9.17, 15) is 4.79 Å². The van der Waals surface area contributed by atoms with Crippen molar-refractivity contribution in [1.29, 1.82) is 0 Å². The van der Waals surface area contributed by atoms with E-state index in [1.807, 2.05) is 6.92 Å². The van der Waals surface area contributed by atoms with Gasteiger partial charge in [0.15, 0.2) is 0 Å². The Hall–Kier alpha value is -1.00. The van der Waals surface area contributed by atoms with E-state index in [0.717, 1.165) is 12.3 Å². The molecule has 1 amide bonds. The van der Waals surface area contributed by atoms with Crippen LogP contribution < -0.4 is 10.6 Å². The molecule has 0 saturated heterocycles. The summed E-state index contributed by atoms with van der Waals surface area (Å²) in [6.45, 7) is 7.90. The van der Waals surface area contributed by atoms with Crippen LogP contribution in [0.4, 0.5) is 0 Å². The van der Waals surface area contributed by atoms with Crippen molar-refractivity contribution in [3.8, 4) is 0 Å². The maximum absolute atomic E-state index is 11.4. The fourth-order valence-corrected chi connectivity index (χ4v) is 2.76. The summed E-state index contributed by atoms with van der Waals surface area (Å²) in [6.07, 6.45) is 0.575. The van der Waals surface area contributed by atoms with Crippen molar-refractivity contribution in [3.63, 3.8) is 0 Å². The molecule has 1 unspecified atom stereocenters. The highest BCUT2D eigenvalue weighted by Gasteiger charge is 2.05. The van der Waals surface area contributed by atoms with E-state index < -0.39 is 0 Å². The second-order valence-corrected chi connectivity index (χ2v) is 5.57. The molecule has 0 aliphatic carbocycles. The monoisotopic (exact) mass is 280 g/mol. The topological polar surface area (TPSA) is 41.1 Å². The Morgan fingerprint density at radius 3 is 2.79 bits per heavy atom. The van der Waals surface area contributed by atoms with Gasteiger partial charge in [-0.1, -0.05) is 19.1 Å². The van der Waals surface area contributed by atoms with Gasteiger partial charge in [0.2, 0.25) is 5.91 Å². The summed E-state index contributed by atoms with van der Waals surface area (Å²) in [5, 5.41) is 6.22. The van der Waals surface area contributed by atoms with Crippen molar-refractivity contribution >= 4 is 17.7 Å². The molecule has 3 nitrogen and oxygen atoms in total. The molecule has 1 rings (SSSR count). The van der Waals surface area contributed by atoms with Gasteiger partial charge in [-0.25, -0.2) is 0 Å². The molecule has 19 heavy (non-hydrogen) atoms. The molecule has 4 heteroatoms. The number of amides is 1. The summed E-state index contributed by atoms with van der Waals surface area (Å²) in [7, 11) is 0. The average Bonchev–Trinajstić information content (AvgIpc) is 2.40. The first kappa shape index (κ1) is 16.1. The molecule has 0 aliphatic heterocycles. The first-order valence-electron chi connectivity index (χ1n) is 6.90. The normalized spacial score (nSPS) is 12.2. The van der Waals surface area contributed by atoms with E-state index in [1.54, 1.807) is 11.8 Å². The number of carbonyl (C=O) groups excluding carboxylic acids is 1. The van der Waals surface area contributed by atoms with Crippen molar-refractivity contribution in [1.82, 2.24) is 10.6 Å². The zero-order valence-electron chi connectivity index (χ0n) is 12.0. The highest BCUT2D eigenvalue weighted by Crippen LogP contribution is 2.22. The number of hydrogen-bond donors (Lipinski definition) is 2. The minimum absolute atomic E-state index is 0.132. The quantitative estimate of drug-likeness (QED) is 0.719. The van der Waals surface area contributed by atoms with Crippen LogP contribution in [0.1, 0.15) is 38.8 Å². The van der Waals surface area contributed by atoms with Crippen LogP contribution in [0.2, 0.25) is 0 Å². The predicted molar refractivity (Wildman–Crippen MR) is 82.6 cm³/mol. The van der Waals surface area contributed by atoms with Crippen LogP contribution in [-0.4, -0.2) is 24.7 Å². The van der Waals surface area contributed by atoms with Crippen molar-refractivity contribution in [2.24, 2.45) is 0 Å². The number of nitrogens with one attached hydrogen (secondary N) is 2. The lowest BCUT2D eigenvalue weighted by Gasteiger charge is -2.13. The first-order chi connectivity index (χ1) is 9.17. The van der Waals surface area contributed by atoms with E-state index >= 15 is 0 Å². The third kappa shape index (κ3) is 6.12. The van der Waals surface area contributed by atoms with Crippen LogP contribution in [0.25, 0.3) is 0 Å². The fraction of sp³-hybridized carbons (Fsp3) is 0.533.